The van der Waals surface area contributed by atoms with Crippen LogP contribution in [-0.2, 0) is 17.8 Å². The third-order valence-electron chi connectivity index (χ3n) is 6.19. The number of pyridine rings is 1. The highest BCUT2D eigenvalue weighted by atomic mass is 16.2. The first-order chi connectivity index (χ1) is 13.2. The molecule has 2 atom stereocenters. The molecule has 2 bridgehead atoms. The first-order valence-corrected chi connectivity index (χ1v) is 9.72. The Hall–Kier alpha value is -2.54. The summed E-state index contributed by atoms with van der Waals surface area (Å²) in [6.07, 6.45) is 6.02. The molecule has 7 nitrogen and oxygen atoms in total. The van der Waals surface area contributed by atoms with E-state index in [0.717, 1.165) is 12.5 Å². The summed E-state index contributed by atoms with van der Waals surface area (Å²) in [4.78, 5) is 41.2. The second-order valence-corrected chi connectivity index (χ2v) is 7.88. The molecule has 1 N–H and O–H groups in total. The van der Waals surface area contributed by atoms with E-state index in [9.17, 15) is 9.59 Å². The van der Waals surface area contributed by atoms with Crippen LogP contribution >= 0.6 is 0 Å². The van der Waals surface area contributed by atoms with Crippen molar-refractivity contribution in [1.29, 1.82) is 0 Å². The van der Waals surface area contributed by atoms with Crippen molar-refractivity contribution in [1.82, 2.24) is 24.8 Å². The number of likely N-dealkylation sites (tertiary alicyclic amines) is 1. The fraction of sp³-hybridized carbons (Fsp3) is 0.500. The van der Waals surface area contributed by atoms with Crippen molar-refractivity contribution in [3.8, 4) is 11.5 Å². The summed E-state index contributed by atoms with van der Waals surface area (Å²) in [5, 5.41) is 0. The number of rotatable bonds is 3. The zero-order valence-corrected chi connectivity index (χ0v) is 15.2. The number of H-pyrrole nitrogens is 1. The van der Waals surface area contributed by atoms with E-state index in [-0.39, 0.29) is 11.5 Å². The van der Waals surface area contributed by atoms with Gasteiger partial charge in [-0.25, -0.2) is 4.98 Å². The van der Waals surface area contributed by atoms with E-state index >= 15 is 0 Å². The molecule has 0 unspecified atom stereocenters. The highest BCUT2D eigenvalue weighted by Crippen LogP contribution is 2.37. The maximum atomic E-state index is 12.8. The van der Waals surface area contributed by atoms with Gasteiger partial charge in [-0.05, 0) is 43.7 Å². The van der Waals surface area contributed by atoms with Crippen molar-refractivity contribution in [2.24, 2.45) is 5.92 Å². The molecule has 0 radical (unpaired) electrons. The van der Waals surface area contributed by atoms with E-state index in [4.69, 9.17) is 0 Å². The zero-order chi connectivity index (χ0) is 18.4. The molecule has 4 heterocycles. The number of carbonyl (C=O) groups is 1. The second-order valence-electron chi connectivity index (χ2n) is 7.88. The molecule has 2 fully saturated rings. The molecule has 3 aliphatic rings. The van der Waals surface area contributed by atoms with Gasteiger partial charge in [-0.15, -0.1) is 0 Å². The lowest BCUT2D eigenvalue weighted by molar-refractivity contribution is -0.133. The smallest absolute Gasteiger partial charge is 0.254 e. The molecule has 0 spiro atoms. The van der Waals surface area contributed by atoms with E-state index in [1.165, 1.54) is 19.3 Å². The SMILES string of the molecule is O=C(CN1C[C@@H]2CC[C@H]1C2)N1CCc2c(nc(-c3ccccn3)[nH]c2=O)C1. The highest BCUT2D eigenvalue weighted by Gasteiger charge is 2.39. The molecule has 1 amide bonds. The van der Waals surface area contributed by atoms with Gasteiger partial charge in [0, 0.05) is 30.9 Å². The number of aromatic nitrogens is 3. The molecule has 1 aliphatic carbocycles. The van der Waals surface area contributed by atoms with Crippen molar-refractivity contribution < 1.29 is 4.79 Å². The first-order valence-electron chi connectivity index (χ1n) is 9.72. The molecule has 1 saturated carbocycles. The molecule has 0 aromatic carbocycles. The Morgan fingerprint density at radius 2 is 2.22 bits per heavy atom. The second kappa shape index (κ2) is 6.56. The van der Waals surface area contributed by atoms with Crippen molar-refractivity contribution in [3.63, 3.8) is 0 Å². The molecule has 1 saturated heterocycles. The number of aromatic amines is 1. The number of amides is 1. The molecular formula is C20H23N5O2. The van der Waals surface area contributed by atoms with Gasteiger partial charge in [-0.1, -0.05) is 6.07 Å². The molecule has 2 aromatic heterocycles. The molecule has 5 rings (SSSR count). The number of nitrogens with zero attached hydrogens (tertiary/aromatic N) is 4. The third kappa shape index (κ3) is 3.06. The van der Waals surface area contributed by atoms with E-state index in [1.807, 2.05) is 23.1 Å². The summed E-state index contributed by atoms with van der Waals surface area (Å²) < 4.78 is 0. The summed E-state index contributed by atoms with van der Waals surface area (Å²) in [5.74, 6) is 1.39. The quantitative estimate of drug-likeness (QED) is 0.884. The van der Waals surface area contributed by atoms with Gasteiger partial charge in [0.05, 0.1) is 18.8 Å². The number of carbonyl (C=O) groups excluding carboxylic acids is 1. The number of fused-ring (bicyclic) bond motifs is 3. The lowest BCUT2D eigenvalue weighted by Gasteiger charge is -2.32. The van der Waals surface area contributed by atoms with Crippen molar-refractivity contribution in [2.45, 2.75) is 38.3 Å². The number of hydrogen-bond donors (Lipinski definition) is 1. The van der Waals surface area contributed by atoms with Gasteiger partial charge in [-0.2, -0.15) is 0 Å². The van der Waals surface area contributed by atoms with Crippen LogP contribution in [-0.4, -0.2) is 56.3 Å². The molecule has 2 aromatic rings. The number of hydrogen-bond acceptors (Lipinski definition) is 5. The maximum Gasteiger partial charge on any atom is 0.254 e. The summed E-state index contributed by atoms with van der Waals surface area (Å²) in [7, 11) is 0. The third-order valence-corrected chi connectivity index (χ3v) is 6.19. The van der Waals surface area contributed by atoms with Crippen molar-refractivity contribution in [2.75, 3.05) is 19.6 Å². The minimum Gasteiger partial charge on any atom is -0.335 e. The average molecular weight is 365 g/mol. The predicted octanol–water partition coefficient (Wildman–Crippen LogP) is 1.20. The normalized spacial score (nSPS) is 24.2. The fourth-order valence-corrected chi connectivity index (χ4v) is 4.77. The van der Waals surface area contributed by atoms with Crippen molar-refractivity contribution in [3.05, 3.63) is 46.0 Å². The van der Waals surface area contributed by atoms with Gasteiger partial charge in [0.15, 0.2) is 5.82 Å². The summed E-state index contributed by atoms with van der Waals surface area (Å²) in [5.41, 5.74) is 1.90. The average Bonchev–Trinajstić information content (AvgIpc) is 3.31. The maximum absolute atomic E-state index is 12.8. The lowest BCUT2D eigenvalue weighted by atomic mass is 10.1. The van der Waals surface area contributed by atoms with E-state index < -0.39 is 0 Å². The van der Waals surface area contributed by atoms with Crippen LogP contribution in [0.15, 0.2) is 29.2 Å². The zero-order valence-electron chi connectivity index (χ0n) is 15.2. The minimum atomic E-state index is -0.121. The van der Waals surface area contributed by atoms with Crippen LogP contribution in [0, 0.1) is 5.92 Å². The van der Waals surface area contributed by atoms with Crippen LogP contribution in [0.25, 0.3) is 11.5 Å². The van der Waals surface area contributed by atoms with Crippen LogP contribution < -0.4 is 5.56 Å². The number of piperidine rings is 1. The highest BCUT2D eigenvalue weighted by molar-refractivity contribution is 5.78. The monoisotopic (exact) mass is 365 g/mol. The first kappa shape index (κ1) is 16.6. The minimum absolute atomic E-state index is 0.121. The van der Waals surface area contributed by atoms with Gasteiger partial charge in [0.2, 0.25) is 5.91 Å². The lowest BCUT2D eigenvalue weighted by Crippen LogP contribution is -2.46. The van der Waals surface area contributed by atoms with Crippen LogP contribution in [0.2, 0.25) is 0 Å². The Kier molecular flexibility index (Phi) is 4.04. The molecular weight excluding hydrogens is 342 g/mol. The molecule has 2 aliphatic heterocycles. The van der Waals surface area contributed by atoms with Crippen LogP contribution in [0.3, 0.4) is 0 Å². The van der Waals surface area contributed by atoms with E-state index in [1.54, 1.807) is 6.20 Å². The Labute approximate surface area is 157 Å². The van der Waals surface area contributed by atoms with Crippen molar-refractivity contribution >= 4 is 5.91 Å². The van der Waals surface area contributed by atoms with E-state index in [0.29, 0.717) is 54.9 Å². The molecule has 140 valence electrons. The summed E-state index contributed by atoms with van der Waals surface area (Å²) in [6, 6.07) is 6.10. The van der Waals surface area contributed by atoms with Gasteiger partial charge in [0.25, 0.3) is 5.56 Å². The largest absolute Gasteiger partial charge is 0.335 e. The Balaban J connectivity index is 1.35. The van der Waals surface area contributed by atoms with Gasteiger partial charge >= 0.3 is 0 Å². The van der Waals surface area contributed by atoms with Gasteiger partial charge in [0.1, 0.15) is 5.69 Å². The fourth-order valence-electron chi connectivity index (χ4n) is 4.77. The van der Waals surface area contributed by atoms with E-state index in [2.05, 4.69) is 19.9 Å². The van der Waals surface area contributed by atoms with Crippen LogP contribution in [0.1, 0.15) is 30.5 Å². The Bertz CT molecular complexity index is 926. The summed E-state index contributed by atoms with van der Waals surface area (Å²) >= 11 is 0. The van der Waals surface area contributed by atoms with Gasteiger partial charge in [-0.3, -0.25) is 19.5 Å². The molecule has 7 heteroatoms. The standard InChI is InChI=1S/C20H23N5O2/c26-18(12-25-10-13-4-5-14(25)9-13)24-8-6-15-17(11-24)22-19(23-20(15)27)16-3-1-2-7-21-16/h1-3,7,13-14H,4-6,8-12H2,(H,22,23,27)/t13-,14+/m1/s1. The van der Waals surface area contributed by atoms with Crippen LogP contribution in [0.4, 0.5) is 0 Å². The predicted molar refractivity (Wildman–Crippen MR) is 99.9 cm³/mol. The topological polar surface area (TPSA) is 82.2 Å². The Morgan fingerprint density at radius 3 is 2.96 bits per heavy atom. The summed E-state index contributed by atoms with van der Waals surface area (Å²) in [6.45, 7) is 2.54. The van der Waals surface area contributed by atoms with Gasteiger partial charge < -0.3 is 9.88 Å². The molecule has 27 heavy (non-hydrogen) atoms. The van der Waals surface area contributed by atoms with Crippen LogP contribution in [0.5, 0.6) is 0 Å². The number of nitrogens with one attached hydrogen (secondary N) is 1. The Morgan fingerprint density at radius 1 is 1.30 bits per heavy atom.